The molecule has 2 aromatic carbocycles. The Morgan fingerprint density at radius 1 is 0.569 bits per heavy atom. The maximum absolute atomic E-state index is 12.0. The molecule has 0 saturated carbocycles. The van der Waals surface area contributed by atoms with Crippen molar-refractivity contribution in [3.8, 4) is 11.5 Å². The summed E-state index contributed by atoms with van der Waals surface area (Å²) in [7, 11) is 0. The van der Waals surface area contributed by atoms with Crippen LogP contribution in [0.15, 0.2) is 107 Å². The zero-order valence-electron chi connectivity index (χ0n) is 38.5. The molecule has 320 valence electrons. The van der Waals surface area contributed by atoms with Gasteiger partial charge in [-0.05, 0) is 93.5 Å². The minimum absolute atomic E-state index is 0.118. The van der Waals surface area contributed by atoms with Crippen molar-refractivity contribution in [2.75, 3.05) is 13.2 Å². The van der Waals surface area contributed by atoms with Gasteiger partial charge in [-0.2, -0.15) is 16.4 Å². The third kappa shape index (κ3) is 21.7. The molecule has 3 aromatic heterocycles. The second-order valence-electron chi connectivity index (χ2n) is 19.9. The van der Waals surface area contributed by atoms with E-state index < -0.39 is 5.54 Å². The predicted molar refractivity (Wildman–Crippen MR) is 241 cm³/mol. The second kappa shape index (κ2) is 23.0. The van der Waals surface area contributed by atoms with Gasteiger partial charge in [-0.3, -0.25) is 19.2 Å². The Labute approximate surface area is 354 Å². The van der Waals surface area contributed by atoms with Crippen molar-refractivity contribution in [2.24, 2.45) is 10.8 Å². The number of ether oxygens (including phenoxy) is 2. The summed E-state index contributed by atoms with van der Waals surface area (Å²) >= 11 is 1.71. The number of hydrogen-bond acceptors (Lipinski definition) is 8. The number of imide groups is 1. The molecule has 0 aliphatic carbocycles. The van der Waals surface area contributed by atoms with Crippen molar-refractivity contribution in [1.82, 2.24) is 19.8 Å². The first-order valence-corrected chi connectivity index (χ1v) is 20.8. The molecule has 58 heavy (non-hydrogen) atoms. The van der Waals surface area contributed by atoms with Crippen LogP contribution in [0.5, 0.6) is 11.5 Å². The molecule has 0 N–H and O–H groups in total. The van der Waals surface area contributed by atoms with Crippen molar-refractivity contribution < 1.29 is 23.6 Å². The number of aromatic nitrogens is 3. The van der Waals surface area contributed by atoms with E-state index in [0.29, 0.717) is 35.2 Å². The number of para-hydroxylation sites is 2. The number of fused-ring (bicyclic) bond motifs is 2. The smallest absolute Gasteiger partial charge is 0.262 e. The Kier molecular flexibility index (Phi) is 20.4. The lowest BCUT2D eigenvalue weighted by Crippen LogP contribution is -2.45. The van der Waals surface area contributed by atoms with Gasteiger partial charge >= 0.3 is 0 Å². The fraction of sp³-hybridized carbons (Fsp3) is 0.500. The van der Waals surface area contributed by atoms with Crippen LogP contribution in [0.3, 0.4) is 0 Å². The van der Waals surface area contributed by atoms with Gasteiger partial charge in [0.1, 0.15) is 19.5 Å². The molecule has 0 saturated heterocycles. The first-order valence-electron chi connectivity index (χ1n) is 19.8. The predicted octanol–water partition coefficient (Wildman–Crippen LogP) is 13.0. The van der Waals surface area contributed by atoms with Crippen molar-refractivity contribution in [3.05, 3.63) is 119 Å². The van der Waals surface area contributed by atoms with Gasteiger partial charge in [0, 0.05) is 29.4 Å². The van der Waals surface area contributed by atoms with Gasteiger partial charge in [0.05, 0.1) is 22.4 Å². The van der Waals surface area contributed by atoms with Gasteiger partial charge in [0.25, 0.3) is 11.8 Å². The summed E-state index contributed by atoms with van der Waals surface area (Å²) in [6.07, 6.45) is 5.37. The fourth-order valence-corrected chi connectivity index (χ4v) is 4.74. The summed E-state index contributed by atoms with van der Waals surface area (Å²) in [5, 5.41) is 12.0. The number of benzene rings is 2. The van der Waals surface area contributed by atoms with Gasteiger partial charge < -0.3 is 14.0 Å². The molecule has 0 bridgehead atoms. The van der Waals surface area contributed by atoms with Crippen LogP contribution in [0, 0.1) is 10.8 Å². The lowest BCUT2D eigenvalue weighted by molar-refractivity contribution is 0.0507. The molecule has 0 spiro atoms. The molecule has 5 heterocycles. The Morgan fingerprint density at radius 3 is 1.26 bits per heavy atom. The van der Waals surface area contributed by atoms with Crippen LogP contribution < -0.4 is 9.47 Å². The van der Waals surface area contributed by atoms with Crippen molar-refractivity contribution in [3.63, 3.8) is 0 Å². The maximum Gasteiger partial charge on any atom is 0.262 e. The van der Waals surface area contributed by atoms with Gasteiger partial charge in [-0.15, -0.1) is 0 Å². The summed E-state index contributed by atoms with van der Waals surface area (Å²) < 4.78 is 17.2. The van der Waals surface area contributed by atoms with Crippen LogP contribution in [-0.2, 0) is 11.0 Å². The molecule has 2 aliphatic heterocycles. The molecule has 7 rings (SSSR count). The highest BCUT2D eigenvalue weighted by atomic mass is 32.1. The zero-order chi connectivity index (χ0) is 44.4. The van der Waals surface area contributed by atoms with Crippen LogP contribution in [0.4, 0.5) is 0 Å². The zero-order valence-corrected chi connectivity index (χ0v) is 39.3. The van der Waals surface area contributed by atoms with E-state index in [2.05, 4.69) is 107 Å². The number of carbonyl (C=O) groups is 2. The quantitative estimate of drug-likeness (QED) is 0.143. The van der Waals surface area contributed by atoms with E-state index in [1.54, 1.807) is 48.1 Å². The number of amides is 2. The molecule has 5 aromatic rings. The fourth-order valence-electron chi connectivity index (χ4n) is 4.28. The van der Waals surface area contributed by atoms with Crippen molar-refractivity contribution >= 4 is 23.2 Å². The minimum Gasteiger partial charge on any atom is -0.486 e. The summed E-state index contributed by atoms with van der Waals surface area (Å²) in [4.78, 5) is 25.2. The van der Waals surface area contributed by atoms with Crippen molar-refractivity contribution in [2.45, 2.75) is 134 Å². The van der Waals surface area contributed by atoms with E-state index >= 15 is 0 Å². The number of nitrogens with zero attached hydrogens (tertiary/aromatic N) is 4. The standard InChI is InChI=1S/C12H13NO2.C8H8O2.C7H12N2.C7H11NO.2C5H12.C4H4S/c1-12(2,3)13-10(14)8-6-4-5-7-9(8)11(13)15;1-2-4-8-7(3-1)9-5-6-10-8;1-7(2,3)9-6-4-5-8-9;1-7(2,3)6-4-5-9-8-6;2*1-5(2,3)4;1-2-4-5-3-1/h4-7H,1-3H3;1-4H,5-6H2;4-6H,1-3H3;4-5H,1-3H3;2*1-4H3;1-4H. The summed E-state index contributed by atoms with van der Waals surface area (Å²) in [5.41, 5.74) is 2.81. The van der Waals surface area contributed by atoms with E-state index in [1.807, 2.05) is 90.9 Å². The number of thiophene rings is 1. The molecular weight excluding hydrogens is 745 g/mol. The molecule has 0 atom stereocenters. The number of hydrogen-bond donors (Lipinski definition) is 0. The number of carbonyl (C=O) groups excluding carboxylic acids is 2. The molecule has 2 amide bonds. The second-order valence-corrected chi connectivity index (χ2v) is 20.7. The lowest BCUT2D eigenvalue weighted by atomic mass is 9.93. The number of rotatable bonds is 0. The van der Waals surface area contributed by atoms with Gasteiger partial charge in [-0.25, -0.2) is 0 Å². The average molecular weight is 817 g/mol. The van der Waals surface area contributed by atoms with Crippen molar-refractivity contribution in [1.29, 1.82) is 0 Å². The highest BCUT2D eigenvalue weighted by Gasteiger charge is 2.41. The van der Waals surface area contributed by atoms with E-state index in [4.69, 9.17) is 14.0 Å². The van der Waals surface area contributed by atoms with Crippen LogP contribution in [0.25, 0.3) is 0 Å². The van der Waals surface area contributed by atoms with Gasteiger partial charge in [-0.1, -0.05) is 118 Å². The Balaban J connectivity index is 0.000000352. The van der Waals surface area contributed by atoms with E-state index in [-0.39, 0.29) is 22.8 Å². The van der Waals surface area contributed by atoms with E-state index in [0.717, 1.165) is 17.2 Å². The van der Waals surface area contributed by atoms with Gasteiger partial charge in [0.15, 0.2) is 11.5 Å². The lowest BCUT2D eigenvalue weighted by Gasteiger charge is -2.29. The third-order valence-corrected chi connectivity index (χ3v) is 7.36. The van der Waals surface area contributed by atoms with Crippen LogP contribution >= 0.6 is 11.3 Å². The monoisotopic (exact) mass is 817 g/mol. The molecule has 0 radical (unpaired) electrons. The average Bonchev–Trinajstić information content (AvgIpc) is 3.93. The first kappa shape index (κ1) is 51.3. The summed E-state index contributed by atoms with van der Waals surface area (Å²) in [6.45, 7) is 37.1. The minimum atomic E-state index is -0.465. The topological polar surface area (TPSA) is 99.7 Å². The Morgan fingerprint density at radius 2 is 1.00 bits per heavy atom. The van der Waals surface area contributed by atoms with E-state index in [9.17, 15) is 9.59 Å². The highest BCUT2D eigenvalue weighted by Crippen LogP contribution is 2.29. The molecule has 0 fully saturated rings. The Bertz CT molecular complexity index is 1700. The molecule has 0 unspecified atom stereocenters. The molecule has 10 heteroatoms. The largest absolute Gasteiger partial charge is 0.486 e. The molecule has 2 aliphatic rings. The SMILES string of the molecule is CC(C)(C)C.CC(C)(C)C.CC(C)(C)N1C(=O)c2ccccc2C1=O.CC(C)(C)c1ccon1.CC(C)(C)n1cccn1.c1ccc2c(c1)OCCO2.c1ccsc1. The third-order valence-electron chi connectivity index (χ3n) is 6.74. The van der Waals surface area contributed by atoms with Crippen LogP contribution in [0.1, 0.15) is 144 Å². The molecular formula is C48H72N4O5S. The summed E-state index contributed by atoms with van der Waals surface area (Å²) in [5.74, 6) is 1.33. The van der Waals surface area contributed by atoms with E-state index in [1.165, 1.54) is 4.90 Å². The highest BCUT2D eigenvalue weighted by molar-refractivity contribution is 7.07. The molecule has 9 nitrogen and oxygen atoms in total. The van der Waals surface area contributed by atoms with Gasteiger partial charge in [0.2, 0.25) is 0 Å². The summed E-state index contributed by atoms with van der Waals surface area (Å²) in [6, 6.07) is 22.5. The Hall–Kier alpha value is -4.70. The normalized spacial score (nSPS) is 13.1. The van der Waals surface area contributed by atoms with Crippen LogP contribution in [0.2, 0.25) is 0 Å². The van der Waals surface area contributed by atoms with Crippen LogP contribution in [-0.4, -0.2) is 50.4 Å². The first-order chi connectivity index (χ1) is 26.6. The maximum atomic E-state index is 12.0.